The van der Waals surface area contributed by atoms with Gasteiger partial charge in [-0.2, -0.15) is 0 Å². The molecule has 1 aliphatic carbocycles. The molecular formula is C17H26N2O2. The fourth-order valence-corrected chi connectivity index (χ4v) is 2.80. The maximum atomic E-state index is 11.7. The van der Waals surface area contributed by atoms with E-state index in [4.69, 9.17) is 4.74 Å². The molecule has 0 aromatic heterocycles. The monoisotopic (exact) mass is 290 g/mol. The molecule has 0 unspecified atom stereocenters. The van der Waals surface area contributed by atoms with Crippen molar-refractivity contribution in [3.63, 3.8) is 0 Å². The topological polar surface area (TPSA) is 50.4 Å². The number of hydrogen-bond donors (Lipinski definition) is 2. The summed E-state index contributed by atoms with van der Waals surface area (Å²) in [6, 6.07) is 7.90. The van der Waals surface area contributed by atoms with E-state index in [-0.39, 0.29) is 6.03 Å². The molecule has 0 atom stereocenters. The number of hydrogen-bond acceptors (Lipinski definition) is 2. The van der Waals surface area contributed by atoms with Crippen LogP contribution in [0.4, 0.5) is 4.79 Å². The molecule has 0 saturated heterocycles. The first-order valence-electron chi connectivity index (χ1n) is 7.92. The lowest BCUT2D eigenvalue weighted by atomic mass is 9.89. The molecular weight excluding hydrogens is 264 g/mol. The normalized spacial score (nSPS) is 15.5. The zero-order valence-electron chi connectivity index (χ0n) is 12.9. The number of urea groups is 1. The summed E-state index contributed by atoms with van der Waals surface area (Å²) in [5.74, 6) is 1.53. The molecule has 0 heterocycles. The number of rotatable bonds is 6. The van der Waals surface area contributed by atoms with Gasteiger partial charge in [0.1, 0.15) is 5.75 Å². The van der Waals surface area contributed by atoms with Gasteiger partial charge in [-0.15, -0.1) is 0 Å². The quantitative estimate of drug-likeness (QED) is 0.845. The molecule has 1 aromatic carbocycles. The van der Waals surface area contributed by atoms with Gasteiger partial charge in [0.15, 0.2) is 0 Å². The van der Waals surface area contributed by atoms with Gasteiger partial charge in [0.05, 0.1) is 7.11 Å². The zero-order chi connectivity index (χ0) is 14.9. The molecule has 116 valence electrons. The Morgan fingerprint density at radius 2 is 1.86 bits per heavy atom. The number of nitrogens with one attached hydrogen (secondary N) is 2. The highest BCUT2D eigenvalue weighted by atomic mass is 16.5. The van der Waals surface area contributed by atoms with Gasteiger partial charge in [-0.1, -0.05) is 31.4 Å². The standard InChI is InChI=1S/C17H26N2O2/c1-21-16-9-7-14(8-10-16)11-12-18-17(20)19-13-15-5-3-2-4-6-15/h7-10,15H,2-6,11-13H2,1H3,(H2,18,19,20). The average molecular weight is 290 g/mol. The van der Waals surface area contributed by atoms with E-state index in [1.54, 1.807) is 7.11 Å². The highest BCUT2D eigenvalue weighted by molar-refractivity contribution is 5.73. The van der Waals surface area contributed by atoms with Crippen molar-refractivity contribution < 1.29 is 9.53 Å². The van der Waals surface area contributed by atoms with Crippen LogP contribution >= 0.6 is 0 Å². The predicted molar refractivity (Wildman–Crippen MR) is 84.7 cm³/mol. The van der Waals surface area contributed by atoms with Crippen LogP contribution in [0.25, 0.3) is 0 Å². The lowest BCUT2D eigenvalue weighted by molar-refractivity contribution is 0.236. The number of ether oxygens (including phenoxy) is 1. The van der Waals surface area contributed by atoms with Crippen LogP contribution in [0.2, 0.25) is 0 Å². The zero-order valence-corrected chi connectivity index (χ0v) is 12.9. The van der Waals surface area contributed by atoms with Crippen LogP contribution in [0.3, 0.4) is 0 Å². The first kappa shape index (κ1) is 15.7. The summed E-state index contributed by atoms with van der Waals surface area (Å²) in [4.78, 5) is 11.7. The summed E-state index contributed by atoms with van der Waals surface area (Å²) in [6.07, 6.45) is 7.32. The molecule has 2 rings (SSSR count). The Morgan fingerprint density at radius 1 is 1.14 bits per heavy atom. The second kappa shape index (κ2) is 8.55. The third-order valence-corrected chi connectivity index (χ3v) is 4.13. The molecule has 1 saturated carbocycles. The molecule has 4 heteroatoms. The van der Waals surface area contributed by atoms with Crippen LogP contribution < -0.4 is 15.4 Å². The van der Waals surface area contributed by atoms with Gasteiger partial charge < -0.3 is 15.4 Å². The van der Waals surface area contributed by atoms with Crippen molar-refractivity contribution in [3.8, 4) is 5.75 Å². The van der Waals surface area contributed by atoms with Crippen molar-refractivity contribution in [1.29, 1.82) is 0 Å². The van der Waals surface area contributed by atoms with E-state index in [1.165, 1.54) is 37.7 Å². The molecule has 0 radical (unpaired) electrons. The number of carbonyl (C=O) groups excluding carboxylic acids is 1. The van der Waals surface area contributed by atoms with Crippen molar-refractivity contribution in [2.45, 2.75) is 38.5 Å². The van der Waals surface area contributed by atoms with Gasteiger partial charge in [0.2, 0.25) is 0 Å². The van der Waals surface area contributed by atoms with Gasteiger partial charge in [0.25, 0.3) is 0 Å². The second-order valence-corrected chi connectivity index (χ2v) is 5.74. The van der Waals surface area contributed by atoms with Crippen LogP contribution in [-0.4, -0.2) is 26.2 Å². The third kappa shape index (κ3) is 5.66. The fraction of sp³-hybridized carbons (Fsp3) is 0.588. The molecule has 0 spiro atoms. The third-order valence-electron chi connectivity index (χ3n) is 4.13. The second-order valence-electron chi connectivity index (χ2n) is 5.74. The highest BCUT2D eigenvalue weighted by Crippen LogP contribution is 2.22. The summed E-state index contributed by atoms with van der Waals surface area (Å²) in [5.41, 5.74) is 1.20. The van der Waals surface area contributed by atoms with E-state index in [1.807, 2.05) is 24.3 Å². The number of benzene rings is 1. The summed E-state index contributed by atoms with van der Waals surface area (Å²) in [6.45, 7) is 1.47. The Balaban J connectivity index is 1.59. The number of methoxy groups -OCH3 is 1. The van der Waals surface area contributed by atoms with Gasteiger partial charge in [-0.05, 0) is 42.9 Å². The highest BCUT2D eigenvalue weighted by Gasteiger charge is 2.13. The summed E-state index contributed by atoms with van der Waals surface area (Å²) < 4.78 is 5.12. The Morgan fingerprint density at radius 3 is 2.52 bits per heavy atom. The fourth-order valence-electron chi connectivity index (χ4n) is 2.80. The molecule has 1 fully saturated rings. The van der Waals surface area contributed by atoms with Crippen molar-refractivity contribution in [2.24, 2.45) is 5.92 Å². The van der Waals surface area contributed by atoms with Gasteiger partial charge in [-0.3, -0.25) is 0 Å². The van der Waals surface area contributed by atoms with Crippen LogP contribution in [0.1, 0.15) is 37.7 Å². The average Bonchev–Trinajstić information content (AvgIpc) is 2.54. The smallest absolute Gasteiger partial charge is 0.314 e. The first-order valence-corrected chi connectivity index (χ1v) is 7.92. The van der Waals surface area contributed by atoms with E-state index in [0.29, 0.717) is 12.5 Å². The predicted octanol–water partition coefficient (Wildman–Crippen LogP) is 3.12. The van der Waals surface area contributed by atoms with E-state index in [2.05, 4.69) is 10.6 Å². The SMILES string of the molecule is COc1ccc(CCNC(=O)NCC2CCCCC2)cc1. The Hall–Kier alpha value is -1.71. The maximum Gasteiger partial charge on any atom is 0.314 e. The molecule has 1 aromatic rings. The van der Waals surface area contributed by atoms with E-state index in [9.17, 15) is 4.79 Å². The summed E-state index contributed by atoms with van der Waals surface area (Å²) in [7, 11) is 1.66. The van der Waals surface area contributed by atoms with Gasteiger partial charge in [0, 0.05) is 13.1 Å². The van der Waals surface area contributed by atoms with Crippen LogP contribution in [0.5, 0.6) is 5.75 Å². The largest absolute Gasteiger partial charge is 0.497 e. The lowest BCUT2D eigenvalue weighted by Gasteiger charge is -2.21. The Bertz CT molecular complexity index is 425. The van der Waals surface area contributed by atoms with Gasteiger partial charge in [-0.25, -0.2) is 4.79 Å². The van der Waals surface area contributed by atoms with Crippen molar-refractivity contribution in [2.75, 3.05) is 20.2 Å². The first-order chi connectivity index (χ1) is 10.3. The molecule has 2 amide bonds. The molecule has 4 nitrogen and oxygen atoms in total. The minimum atomic E-state index is -0.0471. The van der Waals surface area contributed by atoms with Gasteiger partial charge >= 0.3 is 6.03 Å². The lowest BCUT2D eigenvalue weighted by Crippen LogP contribution is -2.39. The number of amides is 2. The van der Waals surface area contributed by atoms with Crippen LogP contribution in [0.15, 0.2) is 24.3 Å². The van der Waals surface area contributed by atoms with Crippen molar-refractivity contribution >= 4 is 6.03 Å². The minimum absolute atomic E-state index is 0.0471. The maximum absolute atomic E-state index is 11.7. The summed E-state index contributed by atoms with van der Waals surface area (Å²) in [5, 5.41) is 5.90. The molecule has 2 N–H and O–H groups in total. The van der Waals surface area contributed by atoms with Crippen LogP contribution in [-0.2, 0) is 6.42 Å². The molecule has 0 bridgehead atoms. The molecule has 0 aliphatic heterocycles. The Labute approximate surface area is 127 Å². The molecule has 1 aliphatic rings. The molecule has 21 heavy (non-hydrogen) atoms. The van der Waals surface area contributed by atoms with Crippen molar-refractivity contribution in [3.05, 3.63) is 29.8 Å². The number of carbonyl (C=O) groups is 1. The van der Waals surface area contributed by atoms with E-state index < -0.39 is 0 Å². The van der Waals surface area contributed by atoms with E-state index >= 15 is 0 Å². The Kier molecular flexibility index (Phi) is 6.38. The van der Waals surface area contributed by atoms with E-state index in [0.717, 1.165) is 18.7 Å². The van der Waals surface area contributed by atoms with Crippen LogP contribution in [0, 0.1) is 5.92 Å². The minimum Gasteiger partial charge on any atom is -0.497 e. The summed E-state index contributed by atoms with van der Waals surface area (Å²) >= 11 is 0. The van der Waals surface area contributed by atoms with Crippen molar-refractivity contribution in [1.82, 2.24) is 10.6 Å².